The van der Waals surface area contributed by atoms with E-state index in [4.69, 9.17) is 34.7 Å². The molecule has 1 aliphatic heterocycles. The molecular formula is C90H138N14O30. The predicted molar refractivity (Wildman–Crippen MR) is 481 cm³/mol. The Labute approximate surface area is 779 Å². The summed E-state index contributed by atoms with van der Waals surface area (Å²) in [6.07, 6.45) is -3.86. The van der Waals surface area contributed by atoms with E-state index in [1.165, 1.54) is 58.0 Å². The molecule has 2 aromatic carbocycles. The molecule has 0 bridgehead atoms. The Balaban J connectivity index is 0.000000526. The Morgan fingerprint density at radius 1 is 0.440 bits per heavy atom. The van der Waals surface area contributed by atoms with E-state index in [0.717, 1.165) is 38.5 Å². The first-order chi connectivity index (χ1) is 63.6. The van der Waals surface area contributed by atoms with Crippen LogP contribution < -0.4 is 30.7 Å². The van der Waals surface area contributed by atoms with Gasteiger partial charge in [-0.15, -0.1) is 0 Å². The van der Waals surface area contributed by atoms with Crippen molar-refractivity contribution >= 4 is 93.9 Å². The SMILES string of the molecule is CC(=O)C1CC(OCC2OC(C(C)C)C(O)C(O)C2O)C(OC2CC(CO)C(O)C(O)C2O)CC1C(C)=O.CC(=O)CN(CC(=O)O)C(=O)c1cc(OCCCC(=O)CCCCCN=[N+]=[N-])cc(C(=O)N(CC(C)=O)CC(=O)O)c1.CCCNC(=O)CN(CC(=O)NCCC)C(=O)c1cc(OCCCC(=O)CCCCCN=[N+]=[N-])cc(C(=O)N(CC(=O)NCCC)CC(=O)NCCC)c1. The van der Waals surface area contributed by atoms with Crippen LogP contribution in [0.15, 0.2) is 46.6 Å². The third-order valence-electron chi connectivity index (χ3n) is 21.8. The monoisotopic (exact) mass is 1890 g/mol. The first-order valence-corrected chi connectivity index (χ1v) is 45.5. The van der Waals surface area contributed by atoms with Crippen LogP contribution in [0.3, 0.4) is 0 Å². The number of amides is 8. The van der Waals surface area contributed by atoms with Crippen molar-refractivity contribution in [3.63, 3.8) is 0 Å². The highest BCUT2D eigenvalue weighted by Crippen LogP contribution is 2.39. The first-order valence-electron chi connectivity index (χ1n) is 45.5. The summed E-state index contributed by atoms with van der Waals surface area (Å²) < 4.78 is 29.7. The van der Waals surface area contributed by atoms with E-state index in [1.807, 2.05) is 27.7 Å². The van der Waals surface area contributed by atoms with Gasteiger partial charge in [-0.2, -0.15) is 0 Å². The molecule has 134 heavy (non-hydrogen) atoms. The van der Waals surface area contributed by atoms with E-state index in [-0.39, 0.29) is 115 Å². The minimum absolute atomic E-state index is 0.00395. The fourth-order valence-corrected chi connectivity index (χ4v) is 14.9. The Morgan fingerprint density at radius 3 is 1.12 bits per heavy atom. The van der Waals surface area contributed by atoms with Gasteiger partial charge in [0.05, 0.1) is 63.4 Å². The summed E-state index contributed by atoms with van der Waals surface area (Å²) in [5.41, 5.74) is 16.1. The fraction of sp³-hybridized carbons (Fsp3) is 0.689. The summed E-state index contributed by atoms with van der Waals surface area (Å²) >= 11 is 0. The molecule has 14 atom stereocenters. The van der Waals surface area contributed by atoms with Crippen LogP contribution in [0.5, 0.6) is 11.5 Å². The zero-order chi connectivity index (χ0) is 100. The highest BCUT2D eigenvalue weighted by molar-refractivity contribution is 6.05. The highest BCUT2D eigenvalue weighted by atomic mass is 16.6. The molecule has 1 heterocycles. The molecule has 14 unspecified atom stereocenters. The van der Waals surface area contributed by atoms with Crippen LogP contribution in [-0.2, 0) is 71.7 Å². The molecule has 44 nitrogen and oxygen atoms in total. The number of unbranched alkanes of at least 4 members (excludes halogenated alkanes) is 4. The molecule has 0 spiro atoms. The highest BCUT2D eigenvalue weighted by Gasteiger charge is 2.50. The summed E-state index contributed by atoms with van der Waals surface area (Å²) in [5.74, 6) is -11.3. The number of azide groups is 2. The third-order valence-corrected chi connectivity index (χ3v) is 21.8. The van der Waals surface area contributed by atoms with Crippen LogP contribution in [0.1, 0.15) is 233 Å². The first kappa shape index (κ1) is 117. The van der Waals surface area contributed by atoms with Crippen molar-refractivity contribution in [2.45, 2.75) is 258 Å². The lowest BCUT2D eigenvalue weighted by molar-refractivity contribution is -0.253. The number of nitrogens with zero attached hydrogens (tertiary/aromatic N) is 10. The minimum atomic E-state index is -1.55. The number of nitrogens with one attached hydrogen (secondary N) is 4. The second kappa shape index (κ2) is 63.3. The number of carbonyl (C=O) groups excluding carboxylic acids is 14. The average molecular weight is 1900 g/mol. The molecule has 2 saturated carbocycles. The average Bonchev–Trinajstić information content (AvgIpc) is 0.788. The molecule has 5 rings (SSSR count). The second-order valence-corrected chi connectivity index (χ2v) is 33.7. The second-order valence-electron chi connectivity index (χ2n) is 33.7. The molecule has 748 valence electrons. The van der Waals surface area contributed by atoms with Gasteiger partial charge in [-0.25, -0.2) is 0 Å². The number of ketones is 6. The summed E-state index contributed by atoms with van der Waals surface area (Å²) in [7, 11) is 0. The van der Waals surface area contributed by atoms with Crippen LogP contribution in [0, 0.1) is 23.7 Å². The lowest BCUT2D eigenvalue weighted by Crippen LogP contribution is -2.60. The van der Waals surface area contributed by atoms with Gasteiger partial charge < -0.3 is 111 Å². The standard InChI is InChI=1S/C37H59N9O8.C27H35N5O10.C26H44O12/c1-5-15-39-32(48)24-45(25-33(49)40-16-6-2)36(52)28-21-29(37(53)46(26-34(50)41-17-7-3)27-35(51)42-18-8-4)23-31(22-28)54-20-12-14-30(47)13-10-9-11-19-43-44-38;1-18(33)14-31(16-24(36)37)26(40)20-11-21(27(41)32(15-19(2)34)17-25(38)39)13-23(12-20)42-10-6-8-22(35)7-4-3-5-9-29-30-28;1-10(2)26-25(35)24(34)22(32)19(38-26)9-36-16-6-14(11(3)28)15(12(4)29)7-17(16)37-18-5-13(8-27)20(30)23(33)21(18)31/h21-23H,5-20,24-27H2,1-4H3,(H,39,48)(H,40,49)(H,41,50)(H,42,51);11-13H,3-10,14-17H2,1-2H3,(H,36,37)(H,38,39);10,13-27,30-35H,5-9H2,1-4H3. The molecule has 2 aliphatic carbocycles. The van der Waals surface area contributed by atoms with Gasteiger partial charge in [-0.05, 0) is 165 Å². The van der Waals surface area contributed by atoms with Gasteiger partial charge in [-0.1, -0.05) is 64.6 Å². The number of hydrogen-bond donors (Lipinski definition) is 13. The number of Topliss-reactive ketones (excluding diaryl/α,β-unsaturated/α-hetero) is 6. The fourth-order valence-electron chi connectivity index (χ4n) is 14.9. The normalized spacial score (nSPS) is 20.5. The van der Waals surface area contributed by atoms with Crippen molar-refractivity contribution in [3.8, 4) is 11.5 Å². The van der Waals surface area contributed by atoms with Gasteiger partial charge >= 0.3 is 11.9 Å². The number of aliphatic carboxylic acids is 2. The molecule has 0 aromatic heterocycles. The number of ether oxygens (including phenoxy) is 5. The quantitative estimate of drug-likeness (QED) is 0.0194. The van der Waals surface area contributed by atoms with E-state index in [0.29, 0.717) is 116 Å². The van der Waals surface area contributed by atoms with Gasteiger partial charge in [-0.3, -0.25) is 76.7 Å². The molecule has 44 heteroatoms. The largest absolute Gasteiger partial charge is 0.494 e. The van der Waals surface area contributed by atoms with Gasteiger partial charge in [0.25, 0.3) is 23.6 Å². The lowest BCUT2D eigenvalue weighted by Gasteiger charge is -2.46. The molecule has 3 aliphatic rings. The molecule has 1 saturated heterocycles. The number of carboxylic acids is 2. The topological polar surface area (TPSA) is 660 Å². The number of aliphatic hydroxyl groups excluding tert-OH is 7. The van der Waals surface area contributed by atoms with Crippen molar-refractivity contribution in [2.75, 3.05) is 118 Å². The van der Waals surface area contributed by atoms with Crippen LogP contribution in [0.2, 0.25) is 0 Å². The maximum Gasteiger partial charge on any atom is 0.323 e. The Bertz CT molecular complexity index is 4070. The molecule has 2 aromatic rings. The van der Waals surface area contributed by atoms with Crippen molar-refractivity contribution in [3.05, 3.63) is 79.5 Å². The zero-order valence-corrected chi connectivity index (χ0v) is 78.4. The number of aliphatic hydroxyl groups is 7. The van der Waals surface area contributed by atoms with Crippen molar-refractivity contribution in [2.24, 2.45) is 33.9 Å². The minimum Gasteiger partial charge on any atom is -0.494 e. The molecule has 0 radical (unpaired) electrons. The Morgan fingerprint density at radius 2 is 0.791 bits per heavy atom. The van der Waals surface area contributed by atoms with E-state index in [2.05, 4.69) is 41.3 Å². The summed E-state index contributed by atoms with van der Waals surface area (Å²) in [6.45, 7) is 13.6. The summed E-state index contributed by atoms with van der Waals surface area (Å²) in [4.78, 5) is 210. The number of carbonyl (C=O) groups is 16. The molecular weight excluding hydrogens is 1760 g/mol. The smallest absolute Gasteiger partial charge is 0.323 e. The van der Waals surface area contributed by atoms with Gasteiger partial charge in [0, 0.05) is 121 Å². The Hall–Kier alpha value is -11.0. The lowest BCUT2D eigenvalue weighted by atomic mass is 9.72. The van der Waals surface area contributed by atoms with E-state index < -0.39 is 215 Å². The van der Waals surface area contributed by atoms with Gasteiger partial charge in [0.2, 0.25) is 23.6 Å². The summed E-state index contributed by atoms with van der Waals surface area (Å²) in [6, 6.07) is 7.64. The third kappa shape index (κ3) is 42.7. The van der Waals surface area contributed by atoms with Crippen molar-refractivity contribution in [1.29, 1.82) is 0 Å². The van der Waals surface area contributed by atoms with Crippen LogP contribution in [-0.4, -0.2) is 345 Å². The molecule has 3 fully saturated rings. The van der Waals surface area contributed by atoms with E-state index >= 15 is 0 Å². The maximum absolute atomic E-state index is 14.0. The summed E-state index contributed by atoms with van der Waals surface area (Å²) in [5, 5.41) is 108. The van der Waals surface area contributed by atoms with Gasteiger partial charge in [0.1, 0.15) is 122 Å². The van der Waals surface area contributed by atoms with E-state index in [9.17, 15) is 123 Å². The maximum atomic E-state index is 14.0. The van der Waals surface area contributed by atoms with Crippen molar-refractivity contribution < 1.29 is 146 Å². The van der Waals surface area contributed by atoms with E-state index in [1.54, 1.807) is 13.8 Å². The van der Waals surface area contributed by atoms with Crippen LogP contribution in [0.4, 0.5) is 0 Å². The zero-order valence-electron chi connectivity index (χ0n) is 78.4. The number of benzene rings is 2. The van der Waals surface area contributed by atoms with Gasteiger partial charge in [0.15, 0.2) is 0 Å². The number of carboxylic acid groups (broad SMARTS) is 2. The Kier molecular flexibility index (Phi) is 55.3. The van der Waals surface area contributed by atoms with Crippen molar-refractivity contribution in [1.82, 2.24) is 40.9 Å². The predicted octanol–water partition coefficient (Wildman–Crippen LogP) is 3.72. The van der Waals surface area contributed by atoms with Crippen LogP contribution >= 0.6 is 0 Å². The molecule has 8 amide bonds. The van der Waals surface area contributed by atoms with Crippen LogP contribution in [0.25, 0.3) is 20.9 Å². The molecule has 13 N–H and O–H groups in total. The number of rotatable bonds is 59. The number of hydrogen-bond acceptors (Lipinski definition) is 30.